The Labute approximate surface area is 186 Å². The number of fused-ring (bicyclic) bond motifs is 1. The van der Waals surface area contributed by atoms with E-state index in [-0.39, 0.29) is 33.8 Å². The lowest BCUT2D eigenvalue weighted by Crippen LogP contribution is -2.25. The fraction of sp³-hybridized carbons (Fsp3) is 0.0952. The Morgan fingerprint density at radius 2 is 1.88 bits per heavy atom. The molecule has 1 aromatic heterocycles. The summed E-state index contributed by atoms with van der Waals surface area (Å²) >= 11 is 0.896. The molecular weight excluding hydrogens is 458 g/mol. The van der Waals surface area contributed by atoms with E-state index in [0.29, 0.717) is 5.52 Å². The van der Waals surface area contributed by atoms with Crippen LogP contribution in [0.4, 0.5) is 14.5 Å². The minimum Gasteiger partial charge on any atom is -0.348 e. The SMILES string of the molecule is Cc1ccc(C(=O)NCc2ccc(F)cc2F)c(NS(=O)(=O)c2cccc3nsnc23)c1. The summed E-state index contributed by atoms with van der Waals surface area (Å²) in [5, 5.41) is 2.53. The van der Waals surface area contributed by atoms with Crippen molar-refractivity contribution in [2.45, 2.75) is 18.4 Å². The van der Waals surface area contributed by atoms with Gasteiger partial charge in [0.15, 0.2) is 0 Å². The molecule has 3 aromatic carbocycles. The molecule has 4 aromatic rings. The number of amides is 1. The van der Waals surface area contributed by atoms with E-state index in [4.69, 9.17) is 0 Å². The lowest BCUT2D eigenvalue weighted by Gasteiger charge is -2.14. The summed E-state index contributed by atoms with van der Waals surface area (Å²) in [6, 6.07) is 12.3. The number of anilines is 1. The molecule has 0 spiro atoms. The van der Waals surface area contributed by atoms with Crippen LogP contribution < -0.4 is 10.0 Å². The molecule has 0 bridgehead atoms. The molecule has 0 saturated carbocycles. The average molecular weight is 475 g/mol. The number of carbonyl (C=O) groups excluding carboxylic acids is 1. The molecule has 1 heterocycles. The van der Waals surface area contributed by atoms with Crippen LogP contribution in [0.1, 0.15) is 21.5 Å². The number of nitrogens with zero attached hydrogens (tertiary/aromatic N) is 2. The summed E-state index contributed by atoms with van der Waals surface area (Å²) in [6.45, 7) is 1.55. The quantitative estimate of drug-likeness (QED) is 0.440. The minimum atomic E-state index is -4.09. The lowest BCUT2D eigenvalue weighted by atomic mass is 10.1. The second-order valence-electron chi connectivity index (χ2n) is 6.96. The molecule has 1 amide bonds. The first kappa shape index (κ1) is 21.8. The van der Waals surface area contributed by atoms with E-state index in [2.05, 4.69) is 18.8 Å². The van der Waals surface area contributed by atoms with E-state index in [0.717, 1.165) is 29.4 Å². The van der Waals surface area contributed by atoms with Gasteiger partial charge in [0.05, 0.1) is 23.0 Å². The molecule has 0 saturated heterocycles. The van der Waals surface area contributed by atoms with Gasteiger partial charge in [-0.3, -0.25) is 9.52 Å². The van der Waals surface area contributed by atoms with Crippen LogP contribution in [0, 0.1) is 18.6 Å². The lowest BCUT2D eigenvalue weighted by molar-refractivity contribution is 0.0951. The van der Waals surface area contributed by atoms with E-state index in [1.807, 2.05) is 0 Å². The summed E-state index contributed by atoms with van der Waals surface area (Å²) in [5.74, 6) is -2.14. The number of halogens is 2. The zero-order valence-electron chi connectivity index (χ0n) is 16.6. The van der Waals surface area contributed by atoms with Crippen molar-refractivity contribution in [3.8, 4) is 0 Å². The summed E-state index contributed by atoms with van der Waals surface area (Å²) in [6.07, 6.45) is 0. The van der Waals surface area contributed by atoms with Crippen molar-refractivity contribution in [1.29, 1.82) is 0 Å². The molecule has 4 rings (SSSR count). The number of benzene rings is 3. The van der Waals surface area contributed by atoms with Crippen LogP contribution in [0.5, 0.6) is 0 Å². The zero-order valence-corrected chi connectivity index (χ0v) is 18.2. The number of hydrogen-bond acceptors (Lipinski definition) is 6. The van der Waals surface area contributed by atoms with E-state index in [9.17, 15) is 22.0 Å². The molecule has 0 aliphatic carbocycles. The number of rotatable bonds is 6. The molecular formula is C21H16F2N4O3S2. The highest BCUT2D eigenvalue weighted by Crippen LogP contribution is 2.26. The molecule has 11 heteroatoms. The van der Waals surface area contributed by atoms with Gasteiger partial charge >= 0.3 is 0 Å². The van der Waals surface area contributed by atoms with Gasteiger partial charge < -0.3 is 5.32 Å². The van der Waals surface area contributed by atoms with E-state index < -0.39 is 27.6 Å². The minimum absolute atomic E-state index is 0.0465. The van der Waals surface area contributed by atoms with Gasteiger partial charge in [0, 0.05) is 18.2 Å². The number of aryl methyl sites for hydroxylation is 1. The fourth-order valence-electron chi connectivity index (χ4n) is 3.07. The van der Waals surface area contributed by atoms with Crippen molar-refractivity contribution in [3.63, 3.8) is 0 Å². The molecule has 2 N–H and O–H groups in total. The Bertz CT molecular complexity index is 1440. The number of carbonyl (C=O) groups is 1. The Kier molecular flexibility index (Phi) is 5.85. The van der Waals surface area contributed by atoms with Crippen LogP contribution in [0.2, 0.25) is 0 Å². The van der Waals surface area contributed by atoms with Gasteiger partial charge in [-0.15, -0.1) is 0 Å². The van der Waals surface area contributed by atoms with Crippen LogP contribution in [-0.2, 0) is 16.6 Å². The van der Waals surface area contributed by atoms with Crippen molar-refractivity contribution in [2.24, 2.45) is 0 Å². The van der Waals surface area contributed by atoms with E-state index in [1.165, 1.54) is 24.3 Å². The molecule has 0 aliphatic heterocycles. The Morgan fingerprint density at radius 1 is 1.06 bits per heavy atom. The maximum Gasteiger partial charge on any atom is 0.264 e. The van der Waals surface area contributed by atoms with Gasteiger partial charge in [-0.25, -0.2) is 17.2 Å². The van der Waals surface area contributed by atoms with E-state index >= 15 is 0 Å². The maximum absolute atomic E-state index is 13.9. The van der Waals surface area contributed by atoms with Crippen LogP contribution >= 0.6 is 11.7 Å². The number of aromatic nitrogens is 2. The second-order valence-corrected chi connectivity index (χ2v) is 9.14. The predicted molar refractivity (Wildman–Crippen MR) is 117 cm³/mol. The van der Waals surface area contributed by atoms with Crippen LogP contribution in [0.25, 0.3) is 11.0 Å². The summed E-state index contributed by atoms with van der Waals surface area (Å²) in [5.41, 5.74) is 1.60. The molecule has 0 aliphatic rings. The smallest absolute Gasteiger partial charge is 0.264 e. The predicted octanol–water partition coefficient (Wildman–Crippen LogP) is 4.01. The normalized spacial score (nSPS) is 11.5. The summed E-state index contributed by atoms with van der Waals surface area (Å²) in [7, 11) is -4.09. The average Bonchev–Trinajstić information content (AvgIpc) is 3.21. The van der Waals surface area contributed by atoms with Gasteiger partial charge in [-0.1, -0.05) is 18.2 Å². The third kappa shape index (κ3) is 4.43. The second kappa shape index (κ2) is 8.60. The summed E-state index contributed by atoms with van der Waals surface area (Å²) in [4.78, 5) is 12.7. The number of nitrogens with one attached hydrogen (secondary N) is 2. The molecule has 164 valence electrons. The van der Waals surface area contributed by atoms with E-state index in [1.54, 1.807) is 25.1 Å². The fourth-order valence-corrected chi connectivity index (χ4v) is 4.91. The first-order chi connectivity index (χ1) is 15.2. The number of sulfonamides is 1. The molecule has 32 heavy (non-hydrogen) atoms. The highest BCUT2D eigenvalue weighted by Gasteiger charge is 2.22. The first-order valence-corrected chi connectivity index (χ1v) is 11.5. The molecule has 0 unspecified atom stereocenters. The van der Waals surface area contributed by atoms with Gasteiger partial charge in [0.25, 0.3) is 15.9 Å². The van der Waals surface area contributed by atoms with Gasteiger partial charge in [0.1, 0.15) is 27.6 Å². The molecule has 0 radical (unpaired) electrons. The van der Waals surface area contributed by atoms with Crippen molar-refractivity contribution in [2.75, 3.05) is 4.72 Å². The third-order valence-electron chi connectivity index (χ3n) is 4.66. The monoisotopic (exact) mass is 474 g/mol. The van der Waals surface area contributed by atoms with Crippen molar-refractivity contribution >= 4 is 44.4 Å². The van der Waals surface area contributed by atoms with Crippen LogP contribution in [-0.4, -0.2) is 23.1 Å². The topological polar surface area (TPSA) is 101 Å². The Morgan fingerprint density at radius 3 is 2.66 bits per heavy atom. The van der Waals surface area contributed by atoms with Gasteiger partial charge in [-0.05, 0) is 42.8 Å². The summed E-state index contributed by atoms with van der Waals surface area (Å²) < 4.78 is 63.6. The van der Waals surface area contributed by atoms with Crippen molar-refractivity contribution < 1.29 is 22.0 Å². The van der Waals surface area contributed by atoms with Crippen LogP contribution in [0.3, 0.4) is 0 Å². The highest BCUT2D eigenvalue weighted by atomic mass is 32.2. The van der Waals surface area contributed by atoms with Crippen LogP contribution in [0.15, 0.2) is 59.5 Å². The molecule has 7 nitrogen and oxygen atoms in total. The Balaban J connectivity index is 1.62. The first-order valence-electron chi connectivity index (χ1n) is 9.31. The standard InChI is InChI=1S/C21H16F2N4O3S2/c1-12-5-8-15(21(28)24-11-13-6-7-14(22)10-16(13)23)18(9-12)27-32(29,30)19-4-2-3-17-20(19)26-31-25-17/h2-10,27H,11H2,1H3,(H,24,28). The number of hydrogen-bond donors (Lipinski definition) is 2. The third-order valence-corrected chi connectivity index (χ3v) is 6.60. The van der Waals surface area contributed by atoms with Gasteiger partial charge in [-0.2, -0.15) is 8.75 Å². The molecule has 0 atom stereocenters. The Hall–Kier alpha value is -3.44. The highest BCUT2D eigenvalue weighted by molar-refractivity contribution is 7.93. The van der Waals surface area contributed by atoms with Crippen molar-refractivity contribution in [3.05, 3.63) is 82.9 Å². The molecule has 0 fully saturated rings. The maximum atomic E-state index is 13.9. The van der Waals surface area contributed by atoms with Gasteiger partial charge in [0.2, 0.25) is 0 Å². The zero-order chi connectivity index (χ0) is 22.9. The van der Waals surface area contributed by atoms with Crippen molar-refractivity contribution in [1.82, 2.24) is 14.1 Å². The largest absolute Gasteiger partial charge is 0.348 e.